The van der Waals surface area contributed by atoms with Gasteiger partial charge in [0, 0.05) is 17.8 Å². The van der Waals surface area contributed by atoms with Crippen molar-refractivity contribution in [2.45, 2.75) is 33.2 Å². The summed E-state index contributed by atoms with van der Waals surface area (Å²) in [6.45, 7) is 4.45. The summed E-state index contributed by atoms with van der Waals surface area (Å²) in [6.07, 6.45) is 1.35. The van der Waals surface area contributed by atoms with Crippen LogP contribution in [0.5, 0.6) is 0 Å². The third kappa shape index (κ3) is 5.76. The van der Waals surface area contributed by atoms with Crippen molar-refractivity contribution in [3.05, 3.63) is 59.7 Å². The molecule has 24 heavy (non-hydrogen) atoms. The molecule has 0 aliphatic carbocycles. The van der Waals surface area contributed by atoms with E-state index in [2.05, 4.69) is 15.6 Å². The second-order valence-corrected chi connectivity index (χ2v) is 5.69. The molecular weight excluding hydrogens is 300 g/mol. The highest BCUT2D eigenvalue weighted by atomic mass is 16.1. The van der Waals surface area contributed by atoms with Crippen LogP contribution >= 0.6 is 0 Å². The average molecular weight is 324 g/mol. The Bertz CT molecular complexity index is 725. The molecule has 0 aliphatic heterocycles. The molecule has 5 heteroatoms. The number of rotatable bonds is 6. The van der Waals surface area contributed by atoms with Gasteiger partial charge in [-0.3, -0.25) is 4.79 Å². The van der Waals surface area contributed by atoms with Gasteiger partial charge in [-0.25, -0.2) is 4.99 Å². The Morgan fingerprint density at radius 2 is 1.79 bits per heavy atom. The van der Waals surface area contributed by atoms with E-state index in [0.717, 1.165) is 28.9 Å². The highest BCUT2D eigenvalue weighted by Gasteiger charge is 2.02. The number of hydrogen-bond acceptors (Lipinski definition) is 2. The van der Waals surface area contributed by atoms with Crippen LogP contribution in [0, 0.1) is 6.92 Å². The monoisotopic (exact) mass is 324 g/mol. The second kappa shape index (κ2) is 8.72. The van der Waals surface area contributed by atoms with Crippen molar-refractivity contribution in [3.8, 4) is 0 Å². The van der Waals surface area contributed by atoms with E-state index in [-0.39, 0.29) is 5.91 Å². The van der Waals surface area contributed by atoms with Gasteiger partial charge in [0.15, 0.2) is 5.96 Å². The molecule has 4 N–H and O–H groups in total. The van der Waals surface area contributed by atoms with Crippen LogP contribution in [0.4, 0.5) is 11.4 Å². The Morgan fingerprint density at radius 1 is 1.08 bits per heavy atom. The maximum atomic E-state index is 11.7. The smallest absolute Gasteiger partial charge is 0.224 e. The van der Waals surface area contributed by atoms with E-state index in [1.54, 1.807) is 0 Å². The first-order valence-corrected chi connectivity index (χ1v) is 8.09. The summed E-state index contributed by atoms with van der Waals surface area (Å²) in [4.78, 5) is 16.0. The van der Waals surface area contributed by atoms with Crippen LogP contribution in [0.2, 0.25) is 0 Å². The van der Waals surface area contributed by atoms with E-state index in [1.807, 2.05) is 62.4 Å². The van der Waals surface area contributed by atoms with Crippen LogP contribution in [0.1, 0.15) is 30.9 Å². The number of nitrogens with two attached hydrogens (primary N) is 1. The minimum atomic E-state index is 0.0266. The van der Waals surface area contributed by atoms with E-state index in [1.165, 1.54) is 0 Å². The van der Waals surface area contributed by atoms with Crippen molar-refractivity contribution in [3.63, 3.8) is 0 Å². The number of nitrogens with zero attached hydrogens (tertiary/aromatic N) is 1. The molecule has 0 fully saturated rings. The molecule has 0 saturated heterocycles. The molecule has 0 atom stereocenters. The molecule has 1 amide bonds. The molecule has 0 spiro atoms. The van der Waals surface area contributed by atoms with Gasteiger partial charge in [0.25, 0.3) is 0 Å². The van der Waals surface area contributed by atoms with Gasteiger partial charge in [-0.05, 0) is 48.7 Å². The first-order valence-electron chi connectivity index (χ1n) is 8.09. The quantitative estimate of drug-likeness (QED) is 0.560. The van der Waals surface area contributed by atoms with Crippen LogP contribution < -0.4 is 16.4 Å². The maximum Gasteiger partial charge on any atom is 0.224 e. The van der Waals surface area contributed by atoms with Crippen molar-refractivity contribution >= 4 is 23.2 Å². The van der Waals surface area contributed by atoms with E-state index in [9.17, 15) is 4.79 Å². The number of benzene rings is 2. The lowest BCUT2D eigenvalue weighted by Gasteiger charge is -2.08. The number of aliphatic imine (C=N–C) groups is 1. The predicted molar refractivity (Wildman–Crippen MR) is 100 cm³/mol. The van der Waals surface area contributed by atoms with Crippen LogP contribution in [0.15, 0.2) is 53.5 Å². The van der Waals surface area contributed by atoms with Gasteiger partial charge in [0.2, 0.25) is 5.91 Å². The Hall–Kier alpha value is -2.82. The van der Waals surface area contributed by atoms with Crippen molar-refractivity contribution in [1.29, 1.82) is 0 Å². The fourth-order valence-corrected chi connectivity index (χ4v) is 2.28. The van der Waals surface area contributed by atoms with Gasteiger partial charge in [-0.2, -0.15) is 0 Å². The summed E-state index contributed by atoms with van der Waals surface area (Å²) in [5.74, 6) is 0.389. The number of guanidine groups is 1. The van der Waals surface area contributed by atoms with Gasteiger partial charge in [-0.15, -0.1) is 0 Å². The van der Waals surface area contributed by atoms with Gasteiger partial charge < -0.3 is 16.4 Å². The molecule has 2 rings (SSSR count). The molecule has 0 aliphatic rings. The summed E-state index contributed by atoms with van der Waals surface area (Å²) in [7, 11) is 0. The predicted octanol–water partition coefficient (Wildman–Crippen LogP) is 3.66. The number of nitrogens with one attached hydrogen (secondary N) is 2. The van der Waals surface area contributed by atoms with Gasteiger partial charge in [0.05, 0.1) is 6.54 Å². The fourth-order valence-electron chi connectivity index (χ4n) is 2.28. The molecule has 2 aromatic rings. The van der Waals surface area contributed by atoms with Crippen LogP contribution in [0.3, 0.4) is 0 Å². The Kier molecular flexibility index (Phi) is 6.37. The second-order valence-electron chi connectivity index (χ2n) is 5.69. The third-order valence-electron chi connectivity index (χ3n) is 3.41. The average Bonchev–Trinajstić information content (AvgIpc) is 2.53. The SMILES string of the molecule is CCCC(=O)Nc1cccc(CN=C(N)Nc2cccc(C)c2)c1. The van der Waals surface area contributed by atoms with E-state index >= 15 is 0 Å². The normalized spacial score (nSPS) is 11.2. The topological polar surface area (TPSA) is 79.5 Å². The largest absolute Gasteiger partial charge is 0.370 e. The van der Waals surface area contributed by atoms with E-state index < -0.39 is 0 Å². The molecule has 0 saturated carbocycles. The summed E-state index contributed by atoms with van der Waals surface area (Å²) < 4.78 is 0. The third-order valence-corrected chi connectivity index (χ3v) is 3.41. The van der Waals surface area contributed by atoms with Crippen LogP contribution in [-0.4, -0.2) is 11.9 Å². The summed E-state index contributed by atoms with van der Waals surface area (Å²) in [5, 5.41) is 5.96. The highest BCUT2D eigenvalue weighted by molar-refractivity contribution is 5.92. The highest BCUT2D eigenvalue weighted by Crippen LogP contribution is 2.13. The summed E-state index contributed by atoms with van der Waals surface area (Å²) in [5.41, 5.74) is 9.77. The van der Waals surface area contributed by atoms with Crippen molar-refractivity contribution < 1.29 is 4.79 Å². The van der Waals surface area contributed by atoms with Crippen LogP contribution in [-0.2, 0) is 11.3 Å². The van der Waals surface area contributed by atoms with Crippen LogP contribution in [0.25, 0.3) is 0 Å². The number of hydrogen-bond donors (Lipinski definition) is 3. The van der Waals surface area contributed by atoms with Crippen molar-refractivity contribution in [2.24, 2.45) is 10.7 Å². The molecule has 5 nitrogen and oxygen atoms in total. The van der Waals surface area contributed by atoms with E-state index in [4.69, 9.17) is 5.73 Å². The molecule has 0 radical (unpaired) electrons. The summed E-state index contributed by atoms with van der Waals surface area (Å²) in [6, 6.07) is 15.6. The Labute approximate surface area is 143 Å². The molecule has 0 bridgehead atoms. The molecular formula is C19H24N4O. The number of aryl methyl sites for hydroxylation is 1. The Balaban J connectivity index is 1.96. The van der Waals surface area contributed by atoms with Crippen molar-refractivity contribution in [1.82, 2.24) is 0 Å². The van der Waals surface area contributed by atoms with Gasteiger partial charge in [-0.1, -0.05) is 31.2 Å². The number of amides is 1. The minimum absolute atomic E-state index is 0.0266. The first kappa shape index (κ1) is 17.5. The Morgan fingerprint density at radius 3 is 2.50 bits per heavy atom. The molecule has 0 aromatic heterocycles. The van der Waals surface area contributed by atoms with Crippen molar-refractivity contribution in [2.75, 3.05) is 10.6 Å². The molecule has 0 unspecified atom stereocenters. The molecule has 2 aromatic carbocycles. The number of carbonyl (C=O) groups is 1. The van der Waals surface area contributed by atoms with E-state index in [0.29, 0.717) is 18.9 Å². The zero-order chi connectivity index (χ0) is 17.4. The standard InChI is InChI=1S/C19H24N4O/c1-3-6-18(24)22-17-10-5-8-15(12-17)13-21-19(20)23-16-9-4-7-14(2)11-16/h4-5,7-12H,3,6,13H2,1-2H3,(H,22,24)(H3,20,21,23). The zero-order valence-corrected chi connectivity index (χ0v) is 14.2. The first-order chi connectivity index (χ1) is 11.6. The lowest BCUT2D eigenvalue weighted by Crippen LogP contribution is -2.22. The number of anilines is 2. The fraction of sp³-hybridized carbons (Fsp3) is 0.263. The van der Waals surface area contributed by atoms with Gasteiger partial charge >= 0.3 is 0 Å². The zero-order valence-electron chi connectivity index (χ0n) is 14.2. The minimum Gasteiger partial charge on any atom is -0.370 e. The number of carbonyl (C=O) groups excluding carboxylic acids is 1. The maximum absolute atomic E-state index is 11.7. The lowest BCUT2D eigenvalue weighted by molar-refractivity contribution is -0.116. The van der Waals surface area contributed by atoms with Gasteiger partial charge in [0.1, 0.15) is 0 Å². The summed E-state index contributed by atoms with van der Waals surface area (Å²) >= 11 is 0. The molecule has 126 valence electrons. The lowest BCUT2D eigenvalue weighted by atomic mass is 10.2. The molecule has 0 heterocycles.